The van der Waals surface area contributed by atoms with Gasteiger partial charge in [0.25, 0.3) is 5.91 Å². The van der Waals surface area contributed by atoms with E-state index in [0.717, 1.165) is 6.42 Å². The van der Waals surface area contributed by atoms with Gasteiger partial charge in [0.1, 0.15) is 5.75 Å². The summed E-state index contributed by atoms with van der Waals surface area (Å²) in [5.74, 6) is 0.181. The molecule has 0 bridgehead atoms. The molecule has 2 unspecified atom stereocenters. The number of nitrogen functional groups attached to an aromatic ring is 1. The first-order valence-corrected chi connectivity index (χ1v) is 7.53. The average molecular weight is 363 g/mol. The van der Waals surface area contributed by atoms with Crippen LogP contribution in [-0.4, -0.2) is 31.8 Å². The number of amides is 1. The fourth-order valence-electron chi connectivity index (χ4n) is 2.87. The molecule has 0 spiro atoms. The van der Waals surface area contributed by atoms with E-state index in [0.29, 0.717) is 22.0 Å². The lowest BCUT2D eigenvalue weighted by atomic mass is 9.56. The number of anilines is 1. The number of hydrogen-bond acceptors (Lipinski definition) is 4. The van der Waals surface area contributed by atoms with Crippen LogP contribution in [-0.2, 0) is 4.74 Å². The van der Waals surface area contributed by atoms with Crippen LogP contribution < -0.4 is 15.8 Å². The number of halogens is 2. The van der Waals surface area contributed by atoms with E-state index in [-0.39, 0.29) is 35.4 Å². The van der Waals surface area contributed by atoms with Crippen molar-refractivity contribution in [1.82, 2.24) is 5.32 Å². The Morgan fingerprint density at radius 3 is 2.43 bits per heavy atom. The zero-order valence-corrected chi connectivity index (χ0v) is 15.6. The average Bonchev–Trinajstić information content (AvgIpc) is 2.48. The first-order chi connectivity index (χ1) is 10.2. The smallest absolute Gasteiger partial charge is 0.255 e. The van der Waals surface area contributed by atoms with Crippen LogP contribution in [0.15, 0.2) is 12.1 Å². The molecule has 3 N–H and O–H groups in total. The van der Waals surface area contributed by atoms with E-state index in [1.165, 1.54) is 13.2 Å². The molecule has 0 radical (unpaired) electrons. The van der Waals surface area contributed by atoms with Crippen molar-refractivity contribution in [3.63, 3.8) is 0 Å². The minimum Gasteiger partial charge on any atom is -0.496 e. The van der Waals surface area contributed by atoms with E-state index in [9.17, 15) is 4.79 Å². The lowest BCUT2D eigenvalue weighted by molar-refractivity contribution is -0.177. The quantitative estimate of drug-likeness (QED) is 0.806. The van der Waals surface area contributed by atoms with E-state index >= 15 is 0 Å². The van der Waals surface area contributed by atoms with Crippen molar-refractivity contribution in [1.29, 1.82) is 0 Å². The molecule has 1 fully saturated rings. The van der Waals surface area contributed by atoms with Gasteiger partial charge in [-0.3, -0.25) is 4.79 Å². The summed E-state index contributed by atoms with van der Waals surface area (Å²) >= 11 is 6.01. The third-order valence-electron chi connectivity index (χ3n) is 5.15. The number of rotatable bonds is 4. The van der Waals surface area contributed by atoms with Crippen molar-refractivity contribution < 1.29 is 14.3 Å². The molecule has 0 heterocycles. The van der Waals surface area contributed by atoms with Gasteiger partial charge in [-0.05, 0) is 19.4 Å². The van der Waals surface area contributed by atoms with Crippen LogP contribution >= 0.6 is 24.0 Å². The summed E-state index contributed by atoms with van der Waals surface area (Å²) < 4.78 is 10.8. The number of ether oxygens (including phenoxy) is 2. The highest BCUT2D eigenvalue weighted by Gasteiger charge is 2.58. The summed E-state index contributed by atoms with van der Waals surface area (Å²) in [6, 6.07) is 3.11. The van der Waals surface area contributed by atoms with Crippen molar-refractivity contribution in [3.05, 3.63) is 22.7 Å². The normalized spacial score (nSPS) is 25.0. The summed E-state index contributed by atoms with van der Waals surface area (Å²) in [7, 11) is 3.19. The van der Waals surface area contributed by atoms with E-state index in [2.05, 4.69) is 26.1 Å². The SMILES string of the molecule is COc1cc(N)c(Cl)cc1C(=O)NC1CC(C)(OC)C1(C)C.Cl. The van der Waals surface area contributed by atoms with Crippen LogP contribution in [0.2, 0.25) is 5.02 Å². The molecule has 2 rings (SSSR count). The molecule has 0 saturated heterocycles. The van der Waals surface area contributed by atoms with Crippen LogP contribution in [0.1, 0.15) is 37.6 Å². The van der Waals surface area contributed by atoms with Gasteiger partial charge < -0.3 is 20.5 Å². The molecule has 7 heteroatoms. The maximum Gasteiger partial charge on any atom is 0.255 e. The van der Waals surface area contributed by atoms with Crippen LogP contribution in [0.4, 0.5) is 5.69 Å². The second-order valence-corrected chi connectivity index (χ2v) is 6.87. The second kappa shape index (κ2) is 6.75. The van der Waals surface area contributed by atoms with Gasteiger partial charge in [0.15, 0.2) is 0 Å². The molecule has 0 aromatic heterocycles. The first-order valence-electron chi connectivity index (χ1n) is 7.15. The minimum atomic E-state index is -0.242. The van der Waals surface area contributed by atoms with Crippen LogP contribution in [0.25, 0.3) is 0 Å². The number of nitrogens with two attached hydrogens (primary N) is 1. The molecule has 1 aliphatic carbocycles. The first kappa shape index (κ1) is 19.9. The van der Waals surface area contributed by atoms with Crippen LogP contribution in [0.5, 0.6) is 5.75 Å². The van der Waals surface area contributed by atoms with Gasteiger partial charge in [-0.2, -0.15) is 0 Å². The van der Waals surface area contributed by atoms with Gasteiger partial charge in [-0.25, -0.2) is 0 Å². The van der Waals surface area contributed by atoms with Gasteiger partial charge in [0.2, 0.25) is 0 Å². The monoisotopic (exact) mass is 362 g/mol. The fourth-order valence-corrected chi connectivity index (χ4v) is 3.04. The largest absolute Gasteiger partial charge is 0.496 e. The Bertz CT molecular complexity index is 607. The molecule has 1 amide bonds. The lowest BCUT2D eigenvalue weighted by Crippen LogP contribution is -2.68. The Balaban J connectivity index is 0.00000264. The molecule has 23 heavy (non-hydrogen) atoms. The van der Waals surface area contributed by atoms with Crippen molar-refractivity contribution in [3.8, 4) is 5.75 Å². The molecule has 1 saturated carbocycles. The topological polar surface area (TPSA) is 73.6 Å². The molecule has 1 aromatic rings. The van der Waals surface area contributed by atoms with Gasteiger partial charge in [0, 0.05) is 24.6 Å². The highest BCUT2D eigenvalue weighted by Crippen LogP contribution is 2.51. The van der Waals surface area contributed by atoms with Crippen molar-refractivity contribution in [2.75, 3.05) is 20.0 Å². The summed E-state index contributed by atoms with van der Waals surface area (Å²) in [4.78, 5) is 12.5. The number of benzene rings is 1. The van der Waals surface area contributed by atoms with Crippen molar-refractivity contribution >= 4 is 35.6 Å². The van der Waals surface area contributed by atoms with Gasteiger partial charge in [-0.1, -0.05) is 25.4 Å². The minimum absolute atomic E-state index is 0. The Morgan fingerprint density at radius 2 is 1.96 bits per heavy atom. The number of carbonyl (C=O) groups is 1. The molecule has 0 aliphatic heterocycles. The fraction of sp³-hybridized carbons (Fsp3) is 0.562. The molecule has 1 aliphatic rings. The summed E-state index contributed by atoms with van der Waals surface area (Å²) in [6.07, 6.45) is 0.757. The molecular weight excluding hydrogens is 339 g/mol. The predicted molar refractivity (Wildman–Crippen MR) is 94.7 cm³/mol. The zero-order valence-electron chi connectivity index (χ0n) is 14.0. The second-order valence-electron chi connectivity index (χ2n) is 6.46. The molecule has 1 aromatic carbocycles. The van der Waals surface area contributed by atoms with Crippen molar-refractivity contribution in [2.24, 2.45) is 5.41 Å². The summed E-state index contributed by atoms with van der Waals surface area (Å²) in [5.41, 5.74) is 6.09. The summed E-state index contributed by atoms with van der Waals surface area (Å²) in [5, 5.41) is 3.37. The van der Waals surface area contributed by atoms with Gasteiger partial charge in [0.05, 0.1) is 29.0 Å². The molecule has 5 nitrogen and oxygen atoms in total. The third-order valence-corrected chi connectivity index (χ3v) is 5.47. The highest BCUT2D eigenvalue weighted by atomic mass is 35.5. The molecular formula is C16H24Cl2N2O3. The van der Waals surface area contributed by atoms with Gasteiger partial charge in [-0.15, -0.1) is 12.4 Å². The van der Waals surface area contributed by atoms with E-state index in [1.54, 1.807) is 13.2 Å². The van der Waals surface area contributed by atoms with E-state index in [1.807, 2.05) is 0 Å². The van der Waals surface area contributed by atoms with Crippen LogP contribution in [0.3, 0.4) is 0 Å². The van der Waals surface area contributed by atoms with E-state index < -0.39 is 0 Å². The Morgan fingerprint density at radius 1 is 1.35 bits per heavy atom. The Kier molecular flexibility index (Phi) is 5.83. The molecule has 2 atom stereocenters. The zero-order chi connectivity index (χ0) is 16.7. The standard InChI is InChI=1S/C16H23ClN2O3.ClH/c1-15(2)13(8-16(15,3)22-5)19-14(20)9-6-10(17)11(18)7-12(9)21-4;/h6-7,13H,8,18H2,1-5H3,(H,19,20);1H. The lowest BCUT2D eigenvalue weighted by Gasteiger charge is -2.59. The number of nitrogens with one attached hydrogen (secondary N) is 1. The number of methoxy groups -OCH3 is 2. The van der Waals surface area contributed by atoms with Crippen LogP contribution in [0, 0.1) is 5.41 Å². The highest BCUT2D eigenvalue weighted by molar-refractivity contribution is 6.33. The Labute approximate surface area is 148 Å². The molecule has 130 valence electrons. The van der Waals surface area contributed by atoms with E-state index in [4.69, 9.17) is 26.8 Å². The Hall–Kier alpha value is -1.17. The maximum atomic E-state index is 12.5. The maximum absolute atomic E-state index is 12.5. The van der Waals surface area contributed by atoms with Gasteiger partial charge >= 0.3 is 0 Å². The third kappa shape index (κ3) is 3.23. The predicted octanol–water partition coefficient (Wildman–Crippen LogP) is 3.29. The number of hydrogen-bond donors (Lipinski definition) is 2. The number of carbonyl (C=O) groups excluding carboxylic acids is 1. The summed E-state index contributed by atoms with van der Waals surface area (Å²) in [6.45, 7) is 6.21. The van der Waals surface area contributed by atoms with Crippen molar-refractivity contribution in [2.45, 2.75) is 38.8 Å².